The van der Waals surface area contributed by atoms with E-state index in [2.05, 4.69) is 17.0 Å². The minimum absolute atomic E-state index is 0.0186. The molecule has 0 aromatic heterocycles. The smallest absolute Gasteiger partial charge is 0.240 e. The molecule has 2 saturated heterocycles. The minimum Gasteiger partial charge on any atom is -0.331 e. The average Bonchev–Trinajstić information content (AvgIpc) is 3.28. The number of aryl methyl sites for hydroxylation is 2. The van der Waals surface area contributed by atoms with Gasteiger partial charge in [-0.05, 0) is 61.8 Å². The van der Waals surface area contributed by atoms with Crippen LogP contribution in [-0.2, 0) is 27.2 Å². The summed E-state index contributed by atoms with van der Waals surface area (Å²) in [4.78, 5) is 43.9. The van der Waals surface area contributed by atoms with Crippen LogP contribution in [0.5, 0.6) is 0 Å². The van der Waals surface area contributed by atoms with E-state index in [0.717, 1.165) is 24.8 Å². The Morgan fingerprint density at radius 3 is 2.51 bits per heavy atom. The van der Waals surface area contributed by atoms with E-state index in [1.54, 1.807) is 17.0 Å². The predicted molar refractivity (Wildman–Crippen MR) is 156 cm³/mol. The maximum atomic E-state index is 14.0. The first kappa shape index (κ1) is 29.7. The van der Waals surface area contributed by atoms with E-state index in [1.807, 2.05) is 31.2 Å². The Labute approximate surface area is 241 Å². The highest BCUT2D eigenvalue weighted by Crippen LogP contribution is 2.31. The lowest BCUT2D eigenvalue weighted by Crippen LogP contribution is -2.50. The lowest BCUT2D eigenvalue weighted by molar-refractivity contribution is -0.142. The molecule has 0 spiro atoms. The van der Waals surface area contributed by atoms with Crippen LogP contribution in [0.25, 0.3) is 0 Å². The van der Waals surface area contributed by atoms with E-state index >= 15 is 0 Å². The van der Waals surface area contributed by atoms with E-state index < -0.39 is 6.04 Å². The van der Waals surface area contributed by atoms with Gasteiger partial charge < -0.3 is 10.6 Å². The van der Waals surface area contributed by atoms with E-state index in [4.69, 9.17) is 28.9 Å². The zero-order valence-electron chi connectivity index (χ0n) is 22.7. The molecule has 2 aromatic rings. The second kappa shape index (κ2) is 13.9. The molecule has 2 aliphatic heterocycles. The maximum Gasteiger partial charge on any atom is 0.240 e. The van der Waals surface area contributed by atoms with Crippen molar-refractivity contribution in [3.05, 3.63) is 69.7 Å². The number of hydrogen-bond acceptors (Lipinski definition) is 5. The van der Waals surface area contributed by atoms with Gasteiger partial charge in [-0.15, -0.1) is 0 Å². The third kappa shape index (κ3) is 7.69. The Kier molecular flexibility index (Phi) is 10.6. The van der Waals surface area contributed by atoms with Gasteiger partial charge in [0, 0.05) is 44.4 Å². The number of benzene rings is 2. The van der Waals surface area contributed by atoms with Crippen molar-refractivity contribution >= 4 is 40.7 Å². The van der Waals surface area contributed by atoms with Crippen LogP contribution in [0.2, 0.25) is 10.0 Å². The molecule has 4 atom stereocenters. The van der Waals surface area contributed by atoms with Gasteiger partial charge in [0.15, 0.2) is 5.78 Å². The van der Waals surface area contributed by atoms with E-state index in [0.29, 0.717) is 48.8 Å². The van der Waals surface area contributed by atoms with Gasteiger partial charge in [0.25, 0.3) is 0 Å². The highest BCUT2D eigenvalue weighted by atomic mass is 35.5. The quantitative estimate of drug-likeness (QED) is 0.375. The Hall–Kier alpha value is -2.25. The lowest BCUT2D eigenvalue weighted by Gasteiger charge is -2.32. The first-order valence-electron chi connectivity index (χ1n) is 14.1. The van der Waals surface area contributed by atoms with Crippen molar-refractivity contribution in [3.8, 4) is 0 Å². The first-order chi connectivity index (χ1) is 18.8. The van der Waals surface area contributed by atoms with Crippen LogP contribution < -0.4 is 5.73 Å². The van der Waals surface area contributed by atoms with Crippen LogP contribution in [0.4, 0.5) is 0 Å². The number of fused-ring (bicyclic) bond motifs is 1. The summed E-state index contributed by atoms with van der Waals surface area (Å²) in [5.74, 6) is 0.0571. The van der Waals surface area contributed by atoms with Gasteiger partial charge in [-0.2, -0.15) is 0 Å². The predicted octanol–water partition coefficient (Wildman–Crippen LogP) is 5.26. The molecular formula is C31H39Cl2N3O3. The number of ketones is 2. The molecule has 210 valence electrons. The number of Topliss-reactive ketones (excluding diaryl/α,β-unsaturated/α-hetero) is 2. The van der Waals surface area contributed by atoms with Crippen LogP contribution in [-0.4, -0.2) is 64.5 Å². The van der Waals surface area contributed by atoms with E-state index in [1.165, 1.54) is 5.56 Å². The van der Waals surface area contributed by atoms with Crippen LogP contribution in [0.15, 0.2) is 48.5 Å². The van der Waals surface area contributed by atoms with Crippen LogP contribution in [0.1, 0.15) is 63.0 Å². The van der Waals surface area contributed by atoms with Crippen molar-refractivity contribution in [2.45, 2.75) is 88.9 Å². The van der Waals surface area contributed by atoms with Crippen molar-refractivity contribution < 1.29 is 14.4 Å². The summed E-state index contributed by atoms with van der Waals surface area (Å²) >= 11 is 12.2. The van der Waals surface area contributed by atoms with E-state index in [9.17, 15) is 14.4 Å². The Balaban J connectivity index is 1.51. The highest BCUT2D eigenvalue weighted by Gasteiger charge is 2.45. The SMILES string of the molecule is CCC(=O)CC[C@H](C(=O)CCc1ccc(Cl)c(Cl)c1)N1CCC(CCc2ccccc2)N2C[C@H](N)C[C@H]2C1=O. The second-order valence-electron chi connectivity index (χ2n) is 10.9. The monoisotopic (exact) mass is 571 g/mol. The fourth-order valence-electron chi connectivity index (χ4n) is 5.99. The third-order valence-electron chi connectivity index (χ3n) is 8.20. The molecule has 0 bridgehead atoms. The number of nitrogens with zero attached hydrogens (tertiary/aromatic N) is 2. The molecule has 0 aliphatic carbocycles. The number of amides is 1. The minimum atomic E-state index is -0.623. The van der Waals surface area contributed by atoms with Gasteiger partial charge in [-0.25, -0.2) is 0 Å². The van der Waals surface area contributed by atoms with Crippen LogP contribution in [0.3, 0.4) is 0 Å². The molecule has 2 heterocycles. The zero-order chi connectivity index (χ0) is 27.9. The largest absolute Gasteiger partial charge is 0.331 e. The molecular weight excluding hydrogens is 533 g/mol. The van der Waals surface area contributed by atoms with E-state index in [-0.39, 0.29) is 48.4 Å². The summed E-state index contributed by atoms with van der Waals surface area (Å²) < 4.78 is 0. The number of carbonyl (C=O) groups is 3. The maximum absolute atomic E-state index is 14.0. The molecule has 39 heavy (non-hydrogen) atoms. The molecule has 8 heteroatoms. The van der Waals surface area contributed by atoms with Crippen LogP contribution in [0, 0.1) is 0 Å². The van der Waals surface area contributed by atoms with Crippen molar-refractivity contribution in [1.29, 1.82) is 0 Å². The van der Waals surface area contributed by atoms with Crippen LogP contribution >= 0.6 is 23.2 Å². The molecule has 0 saturated carbocycles. The molecule has 6 nitrogen and oxygen atoms in total. The molecule has 1 amide bonds. The summed E-state index contributed by atoms with van der Waals surface area (Å²) in [5.41, 5.74) is 8.56. The van der Waals surface area contributed by atoms with Gasteiger partial charge in [0.2, 0.25) is 5.91 Å². The Bertz CT molecular complexity index is 1160. The average molecular weight is 573 g/mol. The molecule has 0 radical (unpaired) electrons. The number of halogens is 2. The van der Waals surface area contributed by atoms with Crippen molar-refractivity contribution in [1.82, 2.24) is 9.80 Å². The molecule has 4 rings (SSSR count). The molecule has 1 unspecified atom stereocenters. The summed E-state index contributed by atoms with van der Waals surface area (Å²) in [7, 11) is 0. The summed E-state index contributed by atoms with van der Waals surface area (Å²) in [6.45, 7) is 3.02. The number of rotatable bonds is 12. The van der Waals surface area contributed by atoms with Gasteiger partial charge in [0.1, 0.15) is 5.78 Å². The Morgan fingerprint density at radius 1 is 1.03 bits per heavy atom. The van der Waals surface area contributed by atoms with Gasteiger partial charge in [-0.3, -0.25) is 19.3 Å². The first-order valence-corrected chi connectivity index (χ1v) is 14.9. The molecule has 2 aromatic carbocycles. The molecule has 2 N–H and O–H groups in total. The fourth-order valence-corrected chi connectivity index (χ4v) is 6.31. The summed E-state index contributed by atoms with van der Waals surface area (Å²) in [6, 6.07) is 15.0. The van der Waals surface area contributed by atoms with Crippen molar-refractivity contribution in [2.75, 3.05) is 13.1 Å². The summed E-state index contributed by atoms with van der Waals surface area (Å²) in [5, 5.41) is 0.924. The normalized spacial score (nSPS) is 22.4. The number of carbonyl (C=O) groups excluding carboxylic acids is 3. The van der Waals surface area contributed by atoms with Gasteiger partial charge >= 0.3 is 0 Å². The third-order valence-corrected chi connectivity index (χ3v) is 8.94. The standard InChI is InChI=1S/C31H39Cl2N3O3/c1-2-25(37)12-14-28(30(38)15-10-22-9-13-26(32)27(33)18-22)35-17-16-24(11-8-21-6-4-3-5-7-21)36-20-23(34)19-29(36)31(35)39/h3-7,9,13,18,23-24,28-29H,2,8,10-12,14-17,19-20,34H2,1H3/t23-,24?,28-,29+/m1/s1. The van der Waals surface area contributed by atoms with Gasteiger partial charge in [0.05, 0.1) is 22.1 Å². The number of hydrogen-bond donors (Lipinski definition) is 1. The highest BCUT2D eigenvalue weighted by molar-refractivity contribution is 6.42. The summed E-state index contributed by atoms with van der Waals surface area (Å²) in [6.07, 6.45) is 5.04. The molecule has 2 fully saturated rings. The second-order valence-corrected chi connectivity index (χ2v) is 11.7. The molecule has 2 aliphatic rings. The fraction of sp³-hybridized carbons (Fsp3) is 0.516. The zero-order valence-corrected chi connectivity index (χ0v) is 24.2. The topological polar surface area (TPSA) is 83.7 Å². The Morgan fingerprint density at radius 2 is 1.79 bits per heavy atom. The van der Waals surface area contributed by atoms with Gasteiger partial charge in [-0.1, -0.05) is 66.5 Å². The number of nitrogens with two attached hydrogens (primary N) is 1. The lowest BCUT2D eigenvalue weighted by atomic mass is 9.96. The van der Waals surface area contributed by atoms with Crippen molar-refractivity contribution in [2.24, 2.45) is 5.73 Å². The van der Waals surface area contributed by atoms with Crippen molar-refractivity contribution in [3.63, 3.8) is 0 Å².